The second-order valence-corrected chi connectivity index (χ2v) is 5.06. The van der Waals surface area contributed by atoms with Crippen LogP contribution in [0.3, 0.4) is 0 Å². The van der Waals surface area contributed by atoms with Gasteiger partial charge in [0.2, 0.25) is 0 Å². The minimum atomic E-state index is 0.0952. The summed E-state index contributed by atoms with van der Waals surface area (Å²) >= 11 is 0. The van der Waals surface area contributed by atoms with Crippen molar-refractivity contribution in [2.24, 2.45) is 0 Å². The lowest BCUT2D eigenvalue weighted by Gasteiger charge is -2.19. The number of nitrogens with one attached hydrogen (secondary N) is 2. The third-order valence-electron chi connectivity index (χ3n) is 2.36. The van der Waals surface area contributed by atoms with Crippen molar-refractivity contribution in [1.29, 1.82) is 0 Å². The second-order valence-electron chi connectivity index (χ2n) is 5.06. The summed E-state index contributed by atoms with van der Waals surface area (Å²) < 4.78 is 0. The number of imidazole rings is 1. The molecule has 0 fully saturated rings. The van der Waals surface area contributed by atoms with Gasteiger partial charge in [-0.25, -0.2) is 4.98 Å². The fraction of sp³-hybridized carbons (Fsp3) is 0.385. The van der Waals surface area contributed by atoms with Crippen molar-refractivity contribution in [3.8, 4) is 11.4 Å². The zero-order valence-electron chi connectivity index (χ0n) is 10.5. The van der Waals surface area contributed by atoms with Crippen LogP contribution in [-0.4, -0.2) is 20.5 Å². The maximum absolute atomic E-state index is 4.34. The van der Waals surface area contributed by atoms with Crippen LogP contribution in [0.4, 0.5) is 0 Å². The first-order chi connectivity index (χ1) is 8.04. The number of aromatic nitrogens is 3. The molecule has 0 amide bonds. The predicted molar refractivity (Wildman–Crippen MR) is 68.4 cm³/mol. The number of pyridine rings is 1. The molecule has 0 bridgehead atoms. The molecule has 0 saturated carbocycles. The van der Waals surface area contributed by atoms with E-state index in [0.29, 0.717) is 0 Å². The van der Waals surface area contributed by atoms with Gasteiger partial charge in [-0.1, -0.05) is 6.07 Å². The fourth-order valence-electron chi connectivity index (χ4n) is 1.45. The molecule has 2 aromatic heterocycles. The lowest BCUT2D eigenvalue weighted by molar-refractivity contribution is 0.418. The molecule has 0 saturated heterocycles. The van der Waals surface area contributed by atoms with Crippen LogP contribution in [0.5, 0.6) is 0 Å². The van der Waals surface area contributed by atoms with Gasteiger partial charge in [0, 0.05) is 11.7 Å². The van der Waals surface area contributed by atoms with Crippen molar-refractivity contribution in [2.45, 2.75) is 32.9 Å². The molecule has 0 aromatic carbocycles. The van der Waals surface area contributed by atoms with E-state index in [1.807, 2.05) is 24.4 Å². The van der Waals surface area contributed by atoms with Crippen molar-refractivity contribution in [1.82, 2.24) is 20.3 Å². The standard InChI is InChI=1S/C13H18N4/c1-13(2,3)16-9-12-15-8-11(17-12)10-6-4-5-7-14-10/h4-8,16H,9H2,1-3H3,(H,15,17). The molecule has 2 heterocycles. The van der Waals surface area contributed by atoms with Gasteiger partial charge in [0.25, 0.3) is 0 Å². The number of hydrogen-bond acceptors (Lipinski definition) is 3. The van der Waals surface area contributed by atoms with E-state index in [9.17, 15) is 0 Å². The van der Waals surface area contributed by atoms with Gasteiger partial charge in [-0.3, -0.25) is 4.98 Å². The van der Waals surface area contributed by atoms with Crippen molar-refractivity contribution in [2.75, 3.05) is 0 Å². The van der Waals surface area contributed by atoms with Crippen LogP contribution < -0.4 is 5.32 Å². The summed E-state index contributed by atoms with van der Waals surface area (Å²) in [6.07, 6.45) is 3.60. The summed E-state index contributed by atoms with van der Waals surface area (Å²) in [5.74, 6) is 0.931. The number of nitrogens with zero attached hydrogens (tertiary/aromatic N) is 2. The molecule has 4 heteroatoms. The topological polar surface area (TPSA) is 53.6 Å². The van der Waals surface area contributed by atoms with Crippen LogP contribution in [-0.2, 0) is 6.54 Å². The summed E-state index contributed by atoms with van der Waals surface area (Å²) in [7, 11) is 0. The Morgan fingerprint density at radius 2 is 2.06 bits per heavy atom. The second kappa shape index (κ2) is 4.67. The van der Waals surface area contributed by atoms with Crippen molar-refractivity contribution in [3.63, 3.8) is 0 Å². The molecule has 0 aliphatic rings. The van der Waals surface area contributed by atoms with Crippen molar-refractivity contribution >= 4 is 0 Å². The van der Waals surface area contributed by atoms with Crippen LogP contribution in [0.25, 0.3) is 11.4 Å². The minimum absolute atomic E-state index is 0.0952. The molecule has 90 valence electrons. The Morgan fingerprint density at radius 3 is 2.71 bits per heavy atom. The predicted octanol–water partition coefficient (Wildman–Crippen LogP) is 2.36. The molecule has 4 nitrogen and oxygen atoms in total. The Hall–Kier alpha value is -1.68. The highest BCUT2D eigenvalue weighted by Crippen LogP contribution is 2.13. The smallest absolute Gasteiger partial charge is 0.120 e. The number of aromatic amines is 1. The van der Waals surface area contributed by atoms with Gasteiger partial charge < -0.3 is 10.3 Å². The summed E-state index contributed by atoms with van der Waals surface area (Å²) in [6, 6.07) is 5.84. The molecular weight excluding hydrogens is 212 g/mol. The van der Waals surface area contributed by atoms with Crippen LogP contribution in [0.2, 0.25) is 0 Å². The summed E-state index contributed by atoms with van der Waals surface area (Å²) in [5.41, 5.74) is 1.97. The van der Waals surface area contributed by atoms with Crippen molar-refractivity contribution in [3.05, 3.63) is 36.4 Å². The van der Waals surface area contributed by atoms with Crippen LogP contribution in [0.15, 0.2) is 30.6 Å². The molecule has 0 aliphatic heterocycles. The van der Waals surface area contributed by atoms with E-state index in [4.69, 9.17) is 0 Å². The van der Waals surface area contributed by atoms with E-state index in [-0.39, 0.29) is 5.54 Å². The zero-order chi connectivity index (χ0) is 12.3. The summed E-state index contributed by atoms with van der Waals surface area (Å²) in [6.45, 7) is 7.14. The Balaban J connectivity index is 2.07. The van der Waals surface area contributed by atoms with E-state index in [2.05, 4.69) is 41.0 Å². The molecule has 0 radical (unpaired) electrons. The molecule has 2 N–H and O–H groups in total. The number of hydrogen-bond donors (Lipinski definition) is 2. The van der Waals surface area contributed by atoms with Gasteiger partial charge in [-0.2, -0.15) is 0 Å². The zero-order valence-corrected chi connectivity index (χ0v) is 10.5. The highest BCUT2D eigenvalue weighted by molar-refractivity contribution is 5.52. The first kappa shape index (κ1) is 11.8. The molecule has 0 aliphatic carbocycles. The third kappa shape index (κ3) is 3.39. The molecular formula is C13H18N4. The first-order valence-electron chi connectivity index (χ1n) is 5.75. The van der Waals surface area contributed by atoms with Gasteiger partial charge in [-0.05, 0) is 32.9 Å². The van der Waals surface area contributed by atoms with Crippen LogP contribution in [0, 0.1) is 0 Å². The first-order valence-corrected chi connectivity index (χ1v) is 5.75. The van der Waals surface area contributed by atoms with Crippen LogP contribution >= 0.6 is 0 Å². The normalized spacial score (nSPS) is 11.7. The van der Waals surface area contributed by atoms with Gasteiger partial charge >= 0.3 is 0 Å². The molecule has 0 atom stereocenters. The van der Waals surface area contributed by atoms with Crippen LogP contribution in [0.1, 0.15) is 26.6 Å². The Labute approximate surface area is 102 Å². The maximum atomic E-state index is 4.34. The third-order valence-corrected chi connectivity index (χ3v) is 2.36. The molecule has 2 rings (SSSR count). The number of rotatable bonds is 3. The fourth-order valence-corrected chi connectivity index (χ4v) is 1.45. The van der Waals surface area contributed by atoms with Gasteiger partial charge in [-0.15, -0.1) is 0 Å². The van der Waals surface area contributed by atoms with Gasteiger partial charge in [0.15, 0.2) is 0 Å². The quantitative estimate of drug-likeness (QED) is 0.851. The molecule has 17 heavy (non-hydrogen) atoms. The number of H-pyrrole nitrogens is 1. The molecule has 0 unspecified atom stereocenters. The summed E-state index contributed by atoms with van der Waals surface area (Å²) in [4.78, 5) is 11.9. The van der Waals surface area contributed by atoms with Crippen molar-refractivity contribution < 1.29 is 0 Å². The molecule has 0 spiro atoms. The Bertz CT molecular complexity index is 468. The Morgan fingerprint density at radius 1 is 1.24 bits per heavy atom. The largest absolute Gasteiger partial charge is 0.340 e. The monoisotopic (exact) mass is 230 g/mol. The SMILES string of the molecule is CC(C)(C)NCc1ncc(-c2ccccn2)[nH]1. The van der Waals surface area contributed by atoms with Gasteiger partial charge in [0.1, 0.15) is 5.82 Å². The summed E-state index contributed by atoms with van der Waals surface area (Å²) in [5, 5.41) is 3.39. The van der Waals surface area contributed by atoms with E-state index in [1.165, 1.54) is 0 Å². The van der Waals surface area contributed by atoms with E-state index in [0.717, 1.165) is 23.8 Å². The highest BCUT2D eigenvalue weighted by Gasteiger charge is 2.10. The average molecular weight is 230 g/mol. The average Bonchev–Trinajstić information content (AvgIpc) is 2.75. The lowest BCUT2D eigenvalue weighted by atomic mass is 10.1. The minimum Gasteiger partial charge on any atom is -0.340 e. The maximum Gasteiger partial charge on any atom is 0.120 e. The lowest BCUT2D eigenvalue weighted by Crippen LogP contribution is -2.35. The Kier molecular flexibility index (Phi) is 3.24. The highest BCUT2D eigenvalue weighted by atomic mass is 15.0. The van der Waals surface area contributed by atoms with E-state index < -0.39 is 0 Å². The van der Waals surface area contributed by atoms with E-state index in [1.54, 1.807) is 6.20 Å². The van der Waals surface area contributed by atoms with Gasteiger partial charge in [0.05, 0.1) is 24.1 Å². The molecule has 2 aromatic rings. The van der Waals surface area contributed by atoms with E-state index >= 15 is 0 Å².